The Morgan fingerprint density at radius 3 is 2.74 bits per heavy atom. The van der Waals surface area contributed by atoms with Gasteiger partial charge in [0.1, 0.15) is 23.9 Å². The molecule has 1 N–H and O–H groups in total. The minimum atomic E-state index is -0.899. The predicted molar refractivity (Wildman–Crippen MR) is 119 cm³/mol. The van der Waals surface area contributed by atoms with Crippen molar-refractivity contribution in [1.82, 2.24) is 20.2 Å². The zero-order valence-corrected chi connectivity index (χ0v) is 18.9. The van der Waals surface area contributed by atoms with Crippen LogP contribution in [0.25, 0.3) is 22.3 Å². The molecule has 4 aromatic rings. The van der Waals surface area contributed by atoms with Gasteiger partial charge in [0, 0.05) is 16.7 Å². The summed E-state index contributed by atoms with van der Waals surface area (Å²) in [6.45, 7) is 4.08. The summed E-state index contributed by atoms with van der Waals surface area (Å²) in [4.78, 5) is 8.59. The van der Waals surface area contributed by atoms with Crippen molar-refractivity contribution in [3.05, 3.63) is 59.1 Å². The predicted octanol–water partition coefficient (Wildman–Crippen LogP) is 5.27. The van der Waals surface area contributed by atoms with E-state index < -0.39 is 17.4 Å². The summed E-state index contributed by atoms with van der Waals surface area (Å²) in [6, 6.07) is 9.88. The summed E-state index contributed by atoms with van der Waals surface area (Å²) >= 11 is 6.39. The molecule has 3 heterocycles. The maximum Gasteiger partial charge on any atom is 0.327 e. The number of nitrogens with one attached hydrogen (secondary N) is 1. The van der Waals surface area contributed by atoms with Gasteiger partial charge in [-0.2, -0.15) is 15.1 Å². The third-order valence-electron chi connectivity index (χ3n) is 5.07. The molecule has 2 aromatic carbocycles. The molecule has 1 fully saturated rings. The van der Waals surface area contributed by atoms with E-state index in [0.717, 1.165) is 12.1 Å². The fourth-order valence-electron chi connectivity index (χ4n) is 3.56. The van der Waals surface area contributed by atoms with E-state index in [2.05, 4.69) is 20.2 Å². The van der Waals surface area contributed by atoms with Gasteiger partial charge in [-0.05, 0) is 32.0 Å². The van der Waals surface area contributed by atoms with Crippen LogP contribution in [0.1, 0.15) is 13.8 Å². The molecule has 1 aliphatic heterocycles. The standard InChI is InChI=1S/C23H19ClF2N4O4/c1-23(2)32-11-13(34-23)10-31-21-18-19(14-5-3-4-6-15(14)24)29-30-20(18)27-22(28-21)33-17-8-7-12(25)9-16(17)26/h3-9,13H,10-11H2,1-2H3,(H,27,28,29,30)/t13-/m0/s1. The molecule has 176 valence electrons. The van der Waals surface area contributed by atoms with Crippen molar-refractivity contribution in [3.63, 3.8) is 0 Å². The van der Waals surface area contributed by atoms with Gasteiger partial charge in [0.15, 0.2) is 23.0 Å². The van der Waals surface area contributed by atoms with Crippen molar-refractivity contribution in [1.29, 1.82) is 0 Å². The second-order valence-corrected chi connectivity index (χ2v) is 8.43. The Bertz CT molecular complexity index is 1360. The van der Waals surface area contributed by atoms with Crippen molar-refractivity contribution in [2.24, 2.45) is 0 Å². The number of rotatable bonds is 6. The highest BCUT2D eigenvalue weighted by Gasteiger charge is 2.33. The highest BCUT2D eigenvalue weighted by Crippen LogP contribution is 2.37. The number of ether oxygens (including phenoxy) is 4. The number of halogens is 3. The Labute approximate surface area is 197 Å². The number of hydrogen-bond donors (Lipinski definition) is 1. The molecule has 0 radical (unpaired) electrons. The quantitative estimate of drug-likeness (QED) is 0.395. The number of fused-ring (bicyclic) bond motifs is 1. The van der Waals surface area contributed by atoms with Crippen molar-refractivity contribution >= 4 is 22.6 Å². The summed E-state index contributed by atoms with van der Waals surface area (Å²) in [5, 5.41) is 8.09. The lowest BCUT2D eigenvalue weighted by Gasteiger charge is -2.17. The van der Waals surface area contributed by atoms with Gasteiger partial charge in [-0.1, -0.05) is 29.8 Å². The van der Waals surface area contributed by atoms with Crippen LogP contribution in [0.4, 0.5) is 8.78 Å². The fraction of sp³-hybridized carbons (Fsp3) is 0.261. The van der Waals surface area contributed by atoms with E-state index in [4.69, 9.17) is 30.5 Å². The Morgan fingerprint density at radius 2 is 2.00 bits per heavy atom. The highest BCUT2D eigenvalue weighted by atomic mass is 35.5. The first kappa shape index (κ1) is 22.5. The topological polar surface area (TPSA) is 91.4 Å². The average Bonchev–Trinajstić information content (AvgIpc) is 3.37. The molecule has 2 aromatic heterocycles. The molecular weight excluding hydrogens is 470 g/mol. The Morgan fingerprint density at radius 1 is 1.18 bits per heavy atom. The maximum absolute atomic E-state index is 14.1. The molecule has 0 unspecified atom stereocenters. The normalized spacial score (nSPS) is 17.3. The van der Waals surface area contributed by atoms with Gasteiger partial charge in [-0.25, -0.2) is 8.78 Å². The lowest BCUT2D eigenvalue weighted by atomic mass is 10.1. The monoisotopic (exact) mass is 488 g/mol. The first-order chi connectivity index (χ1) is 16.3. The van der Waals surface area contributed by atoms with Gasteiger partial charge < -0.3 is 18.9 Å². The van der Waals surface area contributed by atoms with Crippen LogP contribution in [0.15, 0.2) is 42.5 Å². The SMILES string of the molecule is CC1(C)OC[C@H](COc2nc(Oc3ccc(F)cc3F)nc3n[nH]c(-c4ccccc4Cl)c23)O1. The average molecular weight is 489 g/mol. The van der Waals surface area contributed by atoms with Gasteiger partial charge in [0.05, 0.1) is 12.3 Å². The summed E-state index contributed by atoms with van der Waals surface area (Å²) in [7, 11) is 0. The van der Waals surface area contributed by atoms with E-state index in [1.54, 1.807) is 12.1 Å². The van der Waals surface area contributed by atoms with Gasteiger partial charge in [-0.3, -0.25) is 5.10 Å². The molecule has 0 aliphatic carbocycles. The number of aromatic nitrogens is 4. The number of nitrogens with zero attached hydrogens (tertiary/aromatic N) is 3. The van der Waals surface area contributed by atoms with E-state index in [1.165, 1.54) is 0 Å². The van der Waals surface area contributed by atoms with Crippen LogP contribution in [0, 0.1) is 11.6 Å². The van der Waals surface area contributed by atoms with E-state index >= 15 is 0 Å². The molecule has 1 atom stereocenters. The summed E-state index contributed by atoms with van der Waals surface area (Å²) in [6.07, 6.45) is -0.338. The highest BCUT2D eigenvalue weighted by molar-refractivity contribution is 6.33. The zero-order chi connectivity index (χ0) is 23.9. The lowest BCUT2D eigenvalue weighted by Crippen LogP contribution is -2.25. The second-order valence-electron chi connectivity index (χ2n) is 8.03. The van der Waals surface area contributed by atoms with Crippen LogP contribution in [0.2, 0.25) is 5.02 Å². The molecule has 0 amide bonds. The van der Waals surface area contributed by atoms with Crippen molar-refractivity contribution in [3.8, 4) is 28.9 Å². The molecule has 1 aliphatic rings. The molecular formula is C23H19ClF2N4O4. The van der Waals surface area contributed by atoms with Gasteiger partial charge in [0.25, 0.3) is 0 Å². The van der Waals surface area contributed by atoms with E-state index in [0.29, 0.717) is 34.3 Å². The second kappa shape index (κ2) is 8.79. The third-order valence-corrected chi connectivity index (χ3v) is 5.40. The van der Waals surface area contributed by atoms with E-state index in [-0.39, 0.29) is 36.0 Å². The Hall–Kier alpha value is -3.34. The zero-order valence-electron chi connectivity index (χ0n) is 18.1. The molecule has 0 spiro atoms. The summed E-state index contributed by atoms with van der Waals surface area (Å²) in [5.74, 6) is -2.48. The molecule has 8 nitrogen and oxygen atoms in total. The van der Waals surface area contributed by atoms with Crippen LogP contribution in [-0.4, -0.2) is 45.3 Å². The molecule has 0 saturated carbocycles. The lowest BCUT2D eigenvalue weighted by molar-refractivity contribution is -0.141. The van der Waals surface area contributed by atoms with Crippen molar-refractivity contribution < 1.29 is 27.7 Å². The number of hydrogen-bond acceptors (Lipinski definition) is 7. The van der Waals surface area contributed by atoms with E-state index in [1.807, 2.05) is 26.0 Å². The minimum absolute atomic E-state index is 0.118. The smallest absolute Gasteiger partial charge is 0.327 e. The van der Waals surface area contributed by atoms with Gasteiger partial charge in [-0.15, -0.1) is 0 Å². The van der Waals surface area contributed by atoms with Gasteiger partial charge >= 0.3 is 6.01 Å². The van der Waals surface area contributed by atoms with Crippen molar-refractivity contribution in [2.45, 2.75) is 25.7 Å². The van der Waals surface area contributed by atoms with Crippen LogP contribution in [0.5, 0.6) is 17.6 Å². The summed E-state index contributed by atoms with van der Waals surface area (Å²) in [5.41, 5.74) is 1.42. The molecule has 0 bridgehead atoms. The molecule has 11 heteroatoms. The minimum Gasteiger partial charge on any atom is -0.474 e. The summed E-state index contributed by atoms with van der Waals surface area (Å²) < 4.78 is 50.2. The van der Waals surface area contributed by atoms with Crippen LogP contribution < -0.4 is 9.47 Å². The first-order valence-electron chi connectivity index (χ1n) is 10.4. The fourth-order valence-corrected chi connectivity index (χ4v) is 3.79. The number of aromatic amines is 1. The Balaban J connectivity index is 1.54. The molecule has 34 heavy (non-hydrogen) atoms. The molecule has 1 saturated heterocycles. The van der Waals surface area contributed by atoms with Crippen LogP contribution >= 0.6 is 11.6 Å². The molecule has 5 rings (SSSR count). The maximum atomic E-state index is 14.1. The number of benzene rings is 2. The number of H-pyrrole nitrogens is 1. The van der Waals surface area contributed by atoms with E-state index in [9.17, 15) is 8.78 Å². The largest absolute Gasteiger partial charge is 0.474 e. The third kappa shape index (κ3) is 4.52. The van der Waals surface area contributed by atoms with Crippen molar-refractivity contribution in [2.75, 3.05) is 13.2 Å². The van der Waals surface area contributed by atoms with Crippen LogP contribution in [0.3, 0.4) is 0 Å². The Kier molecular flexibility index (Phi) is 5.80. The van der Waals surface area contributed by atoms with Gasteiger partial charge in [0.2, 0.25) is 5.88 Å². The first-order valence-corrected chi connectivity index (χ1v) is 10.8. The van der Waals surface area contributed by atoms with Crippen LogP contribution in [-0.2, 0) is 9.47 Å².